The summed E-state index contributed by atoms with van der Waals surface area (Å²) in [6.07, 6.45) is 0. The van der Waals surface area contributed by atoms with Crippen molar-refractivity contribution in [1.29, 1.82) is 0 Å². The summed E-state index contributed by atoms with van der Waals surface area (Å²) in [5.41, 5.74) is 5.44. The molecule has 1 N–H and O–H groups in total. The summed E-state index contributed by atoms with van der Waals surface area (Å²) in [6.45, 7) is 3.09. The highest BCUT2D eigenvalue weighted by Crippen LogP contribution is 2.18. The zero-order valence-corrected chi connectivity index (χ0v) is 16.4. The highest BCUT2D eigenvalue weighted by Gasteiger charge is 2.11. The molecule has 0 saturated carbocycles. The first-order valence-electron chi connectivity index (χ1n) is 9.43. The third kappa shape index (κ3) is 4.11. The summed E-state index contributed by atoms with van der Waals surface area (Å²) in [7, 11) is 1.62. The molecule has 0 aliphatic rings. The Kier molecular flexibility index (Phi) is 5.24. The average molecular weight is 386 g/mol. The third-order valence-electron chi connectivity index (χ3n) is 4.86. The first-order chi connectivity index (χ1) is 14.1. The van der Waals surface area contributed by atoms with Crippen LogP contribution in [0.5, 0.6) is 5.75 Å². The fraction of sp³-hybridized carbons (Fsp3) is 0.174. The molecule has 0 saturated heterocycles. The molecule has 29 heavy (non-hydrogen) atoms. The number of benzene rings is 3. The van der Waals surface area contributed by atoms with E-state index in [0.29, 0.717) is 24.2 Å². The Balaban J connectivity index is 1.49. The number of methoxy groups -OCH3 is 1. The van der Waals surface area contributed by atoms with E-state index in [1.54, 1.807) is 19.2 Å². The summed E-state index contributed by atoms with van der Waals surface area (Å²) < 4.78 is 7.17. The summed E-state index contributed by atoms with van der Waals surface area (Å²) in [5, 5.41) is 11.4. The van der Waals surface area contributed by atoms with Crippen molar-refractivity contribution in [3.05, 3.63) is 89.0 Å². The number of hydrogen-bond acceptors (Lipinski definition) is 4. The minimum Gasteiger partial charge on any atom is -0.496 e. The van der Waals surface area contributed by atoms with E-state index >= 15 is 0 Å². The van der Waals surface area contributed by atoms with Gasteiger partial charge in [0.2, 0.25) is 0 Å². The highest BCUT2D eigenvalue weighted by molar-refractivity contribution is 5.97. The van der Waals surface area contributed by atoms with E-state index in [1.165, 1.54) is 5.56 Å². The number of amides is 1. The van der Waals surface area contributed by atoms with Gasteiger partial charge in [-0.05, 0) is 36.8 Å². The Bertz CT molecular complexity index is 1150. The van der Waals surface area contributed by atoms with E-state index in [1.807, 2.05) is 35.0 Å². The van der Waals surface area contributed by atoms with Crippen LogP contribution in [0.2, 0.25) is 0 Å². The number of aryl methyl sites for hydroxylation is 1. The van der Waals surface area contributed by atoms with Crippen molar-refractivity contribution in [3.8, 4) is 5.75 Å². The van der Waals surface area contributed by atoms with Crippen molar-refractivity contribution in [2.75, 3.05) is 7.11 Å². The second-order valence-corrected chi connectivity index (χ2v) is 6.93. The van der Waals surface area contributed by atoms with E-state index in [0.717, 1.165) is 22.4 Å². The second-order valence-electron chi connectivity index (χ2n) is 6.93. The number of aromatic nitrogens is 3. The Morgan fingerprint density at radius 2 is 1.86 bits per heavy atom. The van der Waals surface area contributed by atoms with Gasteiger partial charge in [0.1, 0.15) is 11.3 Å². The normalized spacial score (nSPS) is 10.8. The number of hydrogen-bond donors (Lipinski definition) is 1. The van der Waals surface area contributed by atoms with Crippen LogP contribution in [-0.2, 0) is 13.1 Å². The molecule has 1 aromatic heterocycles. The maximum atomic E-state index is 12.6. The first-order valence-corrected chi connectivity index (χ1v) is 9.43. The fourth-order valence-electron chi connectivity index (χ4n) is 3.22. The number of fused-ring (bicyclic) bond motifs is 1. The molecular weight excluding hydrogens is 364 g/mol. The first kappa shape index (κ1) is 18.7. The van der Waals surface area contributed by atoms with Gasteiger partial charge in [-0.25, -0.2) is 4.68 Å². The Morgan fingerprint density at radius 3 is 2.66 bits per heavy atom. The number of carbonyl (C=O) groups excluding carboxylic acids is 1. The van der Waals surface area contributed by atoms with Gasteiger partial charge in [0.15, 0.2) is 0 Å². The van der Waals surface area contributed by atoms with E-state index in [-0.39, 0.29) is 5.91 Å². The lowest BCUT2D eigenvalue weighted by atomic mass is 10.1. The molecule has 0 radical (unpaired) electrons. The van der Waals surface area contributed by atoms with Gasteiger partial charge in [0.25, 0.3) is 5.91 Å². The molecule has 0 aliphatic heterocycles. The summed E-state index contributed by atoms with van der Waals surface area (Å²) in [4.78, 5) is 12.6. The number of carbonyl (C=O) groups is 1. The number of nitrogens with one attached hydrogen (secondary N) is 1. The minimum atomic E-state index is -0.161. The van der Waals surface area contributed by atoms with Gasteiger partial charge < -0.3 is 10.1 Å². The van der Waals surface area contributed by atoms with Gasteiger partial charge in [-0.1, -0.05) is 53.2 Å². The van der Waals surface area contributed by atoms with E-state index in [9.17, 15) is 4.79 Å². The lowest BCUT2D eigenvalue weighted by molar-refractivity contribution is 0.0951. The van der Waals surface area contributed by atoms with E-state index < -0.39 is 0 Å². The van der Waals surface area contributed by atoms with Crippen molar-refractivity contribution in [2.45, 2.75) is 20.0 Å². The van der Waals surface area contributed by atoms with Crippen LogP contribution >= 0.6 is 0 Å². The Hall–Kier alpha value is -3.67. The van der Waals surface area contributed by atoms with Gasteiger partial charge in [-0.15, -0.1) is 5.10 Å². The Morgan fingerprint density at radius 1 is 1.07 bits per heavy atom. The lowest BCUT2D eigenvalue weighted by Gasteiger charge is -2.09. The molecule has 1 heterocycles. The molecule has 3 aromatic carbocycles. The fourth-order valence-corrected chi connectivity index (χ4v) is 3.22. The van der Waals surface area contributed by atoms with Crippen LogP contribution in [-0.4, -0.2) is 28.0 Å². The molecule has 4 aromatic rings. The molecule has 6 heteroatoms. The van der Waals surface area contributed by atoms with Gasteiger partial charge in [-0.2, -0.15) is 0 Å². The van der Waals surface area contributed by atoms with Gasteiger partial charge in [0.05, 0.1) is 19.2 Å². The molecule has 6 nitrogen and oxygen atoms in total. The average Bonchev–Trinajstić information content (AvgIpc) is 3.15. The van der Waals surface area contributed by atoms with E-state index in [2.05, 4.69) is 46.8 Å². The summed E-state index contributed by atoms with van der Waals surface area (Å²) in [6, 6.07) is 21.4. The lowest BCUT2D eigenvalue weighted by Crippen LogP contribution is -2.23. The van der Waals surface area contributed by atoms with Crippen LogP contribution in [0.3, 0.4) is 0 Å². The number of para-hydroxylation sites is 1. The number of nitrogens with zero attached hydrogens (tertiary/aromatic N) is 3. The zero-order chi connectivity index (χ0) is 20.2. The molecular formula is C23H22N4O2. The van der Waals surface area contributed by atoms with Crippen molar-refractivity contribution < 1.29 is 9.53 Å². The third-order valence-corrected chi connectivity index (χ3v) is 4.86. The van der Waals surface area contributed by atoms with Crippen molar-refractivity contribution in [1.82, 2.24) is 20.3 Å². The summed E-state index contributed by atoms with van der Waals surface area (Å²) in [5.74, 6) is 0.591. The van der Waals surface area contributed by atoms with Gasteiger partial charge >= 0.3 is 0 Å². The molecule has 0 spiro atoms. The van der Waals surface area contributed by atoms with Gasteiger partial charge in [0, 0.05) is 17.7 Å². The van der Waals surface area contributed by atoms with Crippen LogP contribution in [0, 0.1) is 6.92 Å². The number of rotatable bonds is 6. The van der Waals surface area contributed by atoms with Crippen molar-refractivity contribution in [2.24, 2.45) is 0 Å². The molecule has 0 unspecified atom stereocenters. The van der Waals surface area contributed by atoms with Crippen LogP contribution < -0.4 is 10.1 Å². The minimum absolute atomic E-state index is 0.161. The monoisotopic (exact) mass is 386 g/mol. The van der Waals surface area contributed by atoms with E-state index in [4.69, 9.17) is 4.74 Å². The van der Waals surface area contributed by atoms with Crippen LogP contribution in [0.15, 0.2) is 66.7 Å². The molecule has 0 aliphatic carbocycles. The number of ether oxygens (including phenoxy) is 1. The largest absolute Gasteiger partial charge is 0.496 e. The smallest absolute Gasteiger partial charge is 0.251 e. The topological polar surface area (TPSA) is 69.0 Å². The molecule has 146 valence electrons. The zero-order valence-electron chi connectivity index (χ0n) is 16.4. The SMILES string of the molecule is COc1ccccc1CNC(=O)c1ccc2c(c1)nnn2Cc1ccc(C)cc1. The molecule has 4 rings (SSSR count). The van der Waals surface area contributed by atoms with Crippen molar-refractivity contribution in [3.63, 3.8) is 0 Å². The Labute approximate surface area is 169 Å². The maximum absolute atomic E-state index is 12.6. The van der Waals surface area contributed by atoms with Crippen LogP contribution in [0.4, 0.5) is 0 Å². The van der Waals surface area contributed by atoms with Crippen LogP contribution in [0.1, 0.15) is 27.0 Å². The molecule has 0 atom stereocenters. The maximum Gasteiger partial charge on any atom is 0.251 e. The molecule has 0 bridgehead atoms. The summed E-state index contributed by atoms with van der Waals surface area (Å²) >= 11 is 0. The second kappa shape index (κ2) is 8.14. The van der Waals surface area contributed by atoms with Crippen LogP contribution in [0.25, 0.3) is 11.0 Å². The molecule has 1 amide bonds. The quantitative estimate of drug-likeness (QED) is 0.548. The van der Waals surface area contributed by atoms with Crippen molar-refractivity contribution >= 4 is 16.9 Å². The molecule has 0 fully saturated rings. The predicted octanol–water partition coefficient (Wildman–Crippen LogP) is 3.73. The highest BCUT2D eigenvalue weighted by atomic mass is 16.5. The standard InChI is InChI=1S/C23H22N4O2/c1-16-7-9-17(10-8-16)15-27-21-12-11-18(13-20(21)25-26-27)23(28)24-14-19-5-3-4-6-22(19)29-2/h3-13H,14-15H2,1-2H3,(H,24,28). The predicted molar refractivity (Wildman–Crippen MR) is 112 cm³/mol. The van der Waals surface area contributed by atoms with Gasteiger partial charge in [-0.3, -0.25) is 4.79 Å².